The minimum Gasteiger partial charge on any atom is -0.481 e. The molecule has 2 nitrogen and oxygen atoms in total. The van der Waals surface area contributed by atoms with E-state index >= 15 is 0 Å². The van der Waals surface area contributed by atoms with Crippen LogP contribution in [-0.2, 0) is 4.79 Å². The Hall–Kier alpha value is -0.0238. The first-order chi connectivity index (χ1) is 9.77. The quantitative estimate of drug-likeness (QED) is 0.238. The molecule has 3 heteroatoms. The zero-order valence-corrected chi connectivity index (χ0v) is 15.5. The molecular weight excluding hydrogens is 273 g/mol. The molecule has 0 fully saturated rings. The summed E-state index contributed by atoms with van der Waals surface area (Å²) in [6.45, 7) is 2.26. The minimum absolute atomic E-state index is 0. The number of carbonyl (C=O) groups is 1. The number of hydrogen-bond donors (Lipinski definition) is 1. The molecule has 0 aliphatic rings. The highest BCUT2D eigenvalue weighted by Crippen LogP contribution is 2.09. The number of allylic oxidation sites excluding steroid dienone is 2. The van der Waals surface area contributed by atoms with Crippen LogP contribution in [0, 0.1) is 0 Å². The summed E-state index contributed by atoms with van der Waals surface area (Å²) < 4.78 is 0. The first kappa shape index (κ1) is 23.2. The van der Waals surface area contributed by atoms with E-state index in [1.807, 2.05) is 0 Å². The Kier molecular flexibility index (Phi) is 22.1. The highest BCUT2D eigenvalue weighted by atomic mass is 24.3. The Morgan fingerprint density at radius 2 is 1.19 bits per heavy atom. The van der Waals surface area contributed by atoms with E-state index in [0.717, 1.165) is 12.8 Å². The van der Waals surface area contributed by atoms with Gasteiger partial charge in [-0.3, -0.25) is 4.79 Å². The summed E-state index contributed by atoms with van der Waals surface area (Å²) in [5.41, 5.74) is 0. The first-order valence-electron chi connectivity index (χ1n) is 8.64. The van der Waals surface area contributed by atoms with Crippen molar-refractivity contribution < 1.29 is 9.90 Å². The van der Waals surface area contributed by atoms with Gasteiger partial charge in [-0.1, -0.05) is 70.4 Å². The van der Waals surface area contributed by atoms with Gasteiger partial charge in [0.1, 0.15) is 0 Å². The molecule has 0 aliphatic carbocycles. The van der Waals surface area contributed by atoms with E-state index in [4.69, 9.17) is 5.11 Å². The summed E-state index contributed by atoms with van der Waals surface area (Å²) in [5, 5.41) is 8.51. The number of unbranched alkanes of at least 4 members (excludes halogenated alkanes) is 11. The highest BCUT2D eigenvalue weighted by molar-refractivity contribution is 5.75. The van der Waals surface area contributed by atoms with Gasteiger partial charge in [-0.15, -0.1) is 0 Å². The zero-order valence-electron chi connectivity index (χ0n) is 14.1. The molecule has 0 aromatic heterocycles. The lowest BCUT2D eigenvalue weighted by molar-refractivity contribution is -0.137. The van der Waals surface area contributed by atoms with E-state index in [-0.39, 0.29) is 23.1 Å². The van der Waals surface area contributed by atoms with Gasteiger partial charge in [-0.25, -0.2) is 0 Å². The van der Waals surface area contributed by atoms with E-state index in [1.165, 1.54) is 70.6 Å². The molecule has 0 aliphatic heterocycles. The standard InChI is InChI=1S/C18H34O2.Mg/c1-2-3-4-5-6-7-8-9-10-11-12-13-14-15-16-17-18(19)20;/h9-10H,2-8,11-17H2,1H3,(H,19,20);/b10-9-;. The van der Waals surface area contributed by atoms with E-state index in [2.05, 4.69) is 19.1 Å². The Morgan fingerprint density at radius 1 is 0.762 bits per heavy atom. The summed E-state index contributed by atoms with van der Waals surface area (Å²) in [5.74, 6) is -0.664. The monoisotopic (exact) mass is 306 g/mol. The zero-order chi connectivity index (χ0) is 14.9. The maximum absolute atomic E-state index is 10.3. The molecule has 0 heterocycles. The van der Waals surface area contributed by atoms with Gasteiger partial charge in [0.2, 0.25) is 0 Å². The second-order valence-electron chi connectivity index (χ2n) is 5.73. The third kappa shape index (κ3) is 22.4. The Morgan fingerprint density at radius 3 is 1.67 bits per heavy atom. The smallest absolute Gasteiger partial charge is 0.303 e. The normalized spacial score (nSPS) is 10.7. The predicted molar refractivity (Wildman–Crippen MR) is 92.8 cm³/mol. The fraction of sp³-hybridized carbons (Fsp3) is 0.833. The van der Waals surface area contributed by atoms with Crippen molar-refractivity contribution in [2.75, 3.05) is 0 Å². The molecule has 0 rings (SSSR count). The van der Waals surface area contributed by atoms with Crippen molar-refractivity contribution in [2.24, 2.45) is 0 Å². The second kappa shape index (κ2) is 20.0. The molecule has 0 spiro atoms. The van der Waals surface area contributed by atoms with E-state index in [0.29, 0.717) is 6.42 Å². The average Bonchev–Trinajstić information content (AvgIpc) is 2.43. The number of rotatable bonds is 15. The molecule has 0 atom stereocenters. The van der Waals surface area contributed by atoms with E-state index in [1.54, 1.807) is 0 Å². The second-order valence-corrected chi connectivity index (χ2v) is 5.73. The highest BCUT2D eigenvalue weighted by Gasteiger charge is 1.95. The molecular formula is C18H34MgO2. The van der Waals surface area contributed by atoms with Gasteiger partial charge in [0.25, 0.3) is 0 Å². The van der Waals surface area contributed by atoms with Crippen molar-refractivity contribution in [3.8, 4) is 0 Å². The first-order valence-corrected chi connectivity index (χ1v) is 8.64. The van der Waals surface area contributed by atoms with Crippen LogP contribution in [0.4, 0.5) is 0 Å². The third-order valence-electron chi connectivity index (χ3n) is 3.65. The molecule has 21 heavy (non-hydrogen) atoms. The molecule has 1 N–H and O–H groups in total. The van der Waals surface area contributed by atoms with Crippen LogP contribution in [0.2, 0.25) is 0 Å². The maximum Gasteiger partial charge on any atom is 0.303 e. The van der Waals surface area contributed by atoms with Crippen LogP contribution < -0.4 is 0 Å². The van der Waals surface area contributed by atoms with Crippen LogP contribution >= 0.6 is 0 Å². The van der Waals surface area contributed by atoms with Gasteiger partial charge in [0.05, 0.1) is 0 Å². The lowest BCUT2D eigenvalue weighted by Gasteiger charge is -1.99. The van der Waals surface area contributed by atoms with Gasteiger partial charge < -0.3 is 5.11 Å². The fourth-order valence-electron chi connectivity index (χ4n) is 2.35. The summed E-state index contributed by atoms with van der Waals surface area (Å²) in [6.07, 6.45) is 21.2. The van der Waals surface area contributed by atoms with Gasteiger partial charge in [-0.2, -0.15) is 0 Å². The van der Waals surface area contributed by atoms with Crippen LogP contribution in [0.3, 0.4) is 0 Å². The van der Waals surface area contributed by atoms with Crippen LogP contribution in [0.25, 0.3) is 0 Å². The lowest BCUT2D eigenvalue weighted by atomic mass is 10.1. The predicted octanol–water partition coefficient (Wildman–Crippen LogP) is 5.73. The summed E-state index contributed by atoms with van der Waals surface area (Å²) in [4.78, 5) is 10.3. The fourth-order valence-corrected chi connectivity index (χ4v) is 2.35. The largest absolute Gasteiger partial charge is 0.481 e. The number of carboxylic acid groups (broad SMARTS) is 1. The van der Waals surface area contributed by atoms with Crippen LogP contribution in [0.15, 0.2) is 12.2 Å². The topological polar surface area (TPSA) is 37.3 Å². The number of aliphatic carboxylic acids is 1. The van der Waals surface area contributed by atoms with Crippen LogP contribution in [0.5, 0.6) is 0 Å². The molecule has 0 unspecified atom stereocenters. The molecule has 0 saturated heterocycles. The molecule has 0 amide bonds. The van der Waals surface area contributed by atoms with Gasteiger partial charge in [-0.05, 0) is 32.1 Å². The van der Waals surface area contributed by atoms with Crippen molar-refractivity contribution in [1.29, 1.82) is 0 Å². The molecule has 0 aromatic rings. The van der Waals surface area contributed by atoms with Crippen LogP contribution in [-0.4, -0.2) is 34.1 Å². The van der Waals surface area contributed by atoms with Crippen molar-refractivity contribution in [3.05, 3.63) is 12.2 Å². The van der Waals surface area contributed by atoms with Gasteiger partial charge in [0.15, 0.2) is 0 Å². The Labute approximate surface area is 147 Å². The van der Waals surface area contributed by atoms with Crippen molar-refractivity contribution in [3.63, 3.8) is 0 Å². The SMILES string of the molecule is CCCCCCCC/C=C\CCCCCCCC(=O)O.[Mg]. The molecule has 2 radical (unpaired) electrons. The van der Waals surface area contributed by atoms with E-state index < -0.39 is 5.97 Å². The van der Waals surface area contributed by atoms with Crippen molar-refractivity contribution in [2.45, 2.75) is 96.8 Å². The molecule has 0 bridgehead atoms. The van der Waals surface area contributed by atoms with Gasteiger partial charge >= 0.3 is 5.97 Å². The Balaban J connectivity index is 0. The number of hydrogen-bond acceptors (Lipinski definition) is 1. The third-order valence-corrected chi connectivity index (χ3v) is 3.65. The van der Waals surface area contributed by atoms with Crippen LogP contribution in [0.1, 0.15) is 96.8 Å². The minimum atomic E-state index is -0.664. The maximum atomic E-state index is 10.3. The summed E-state index contributed by atoms with van der Waals surface area (Å²) in [6, 6.07) is 0. The summed E-state index contributed by atoms with van der Waals surface area (Å²) in [7, 11) is 0. The Bertz CT molecular complexity index is 239. The number of carboxylic acids is 1. The molecule has 0 aromatic carbocycles. The van der Waals surface area contributed by atoms with Crippen molar-refractivity contribution in [1.82, 2.24) is 0 Å². The lowest BCUT2D eigenvalue weighted by Crippen LogP contribution is -1.93. The summed E-state index contributed by atoms with van der Waals surface area (Å²) >= 11 is 0. The van der Waals surface area contributed by atoms with E-state index in [9.17, 15) is 4.79 Å². The van der Waals surface area contributed by atoms with Gasteiger partial charge in [0, 0.05) is 29.5 Å². The average molecular weight is 307 g/mol. The molecule has 120 valence electrons. The van der Waals surface area contributed by atoms with Crippen molar-refractivity contribution >= 4 is 29.0 Å². The molecule has 0 saturated carbocycles.